The minimum Gasteiger partial charge on any atom is -0.310 e. The van der Waals surface area contributed by atoms with Crippen LogP contribution in [0.5, 0.6) is 0 Å². The average molecular weight is 281 g/mol. The van der Waals surface area contributed by atoms with E-state index in [1.54, 1.807) is 6.07 Å². The van der Waals surface area contributed by atoms with Crippen molar-refractivity contribution in [3.8, 4) is 5.69 Å². The summed E-state index contributed by atoms with van der Waals surface area (Å²) >= 11 is 0. The standard InChI is InChI=1S/C14H14F3N3/c15-11-3-1-2-4-12(11)20-13(14(16)17)9(8-19-20)7-18-10-5-6-10/h1-4,8,10,14,18H,5-7H2. The minimum atomic E-state index is -2.70. The molecule has 6 heteroatoms. The van der Waals surface area contributed by atoms with Gasteiger partial charge in [0.05, 0.1) is 6.20 Å². The van der Waals surface area contributed by atoms with Crippen molar-refractivity contribution in [2.24, 2.45) is 0 Å². The molecule has 0 saturated heterocycles. The van der Waals surface area contributed by atoms with Gasteiger partial charge in [-0.1, -0.05) is 12.1 Å². The fourth-order valence-electron chi connectivity index (χ4n) is 2.12. The summed E-state index contributed by atoms with van der Waals surface area (Å²) in [5, 5.41) is 7.09. The molecule has 0 spiro atoms. The van der Waals surface area contributed by atoms with Crippen LogP contribution in [0.2, 0.25) is 0 Å². The summed E-state index contributed by atoms with van der Waals surface area (Å²) in [6.07, 6.45) is 0.827. The Morgan fingerprint density at radius 1 is 1.30 bits per heavy atom. The van der Waals surface area contributed by atoms with Gasteiger partial charge in [0.25, 0.3) is 6.43 Å². The van der Waals surface area contributed by atoms with E-state index < -0.39 is 12.2 Å². The van der Waals surface area contributed by atoms with Gasteiger partial charge in [-0.25, -0.2) is 17.9 Å². The number of halogens is 3. The molecular weight excluding hydrogens is 267 g/mol. The molecule has 3 rings (SSSR count). The number of nitrogens with zero attached hydrogens (tertiary/aromatic N) is 2. The maximum atomic E-state index is 13.7. The predicted molar refractivity (Wildman–Crippen MR) is 68.3 cm³/mol. The zero-order valence-electron chi connectivity index (χ0n) is 10.7. The van der Waals surface area contributed by atoms with E-state index in [1.165, 1.54) is 24.4 Å². The van der Waals surface area contributed by atoms with Crippen LogP contribution in [-0.4, -0.2) is 15.8 Å². The first-order valence-corrected chi connectivity index (χ1v) is 6.50. The maximum absolute atomic E-state index is 13.7. The van der Waals surface area contributed by atoms with Gasteiger partial charge in [0.15, 0.2) is 0 Å². The van der Waals surface area contributed by atoms with Crippen LogP contribution in [0.1, 0.15) is 30.5 Å². The van der Waals surface area contributed by atoms with Crippen molar-refractivity contribution in [3.05, 3.63) is 47.5 Å². The van der Waals surface area contributed by atoms with Crippen molar-refractivity contribution in [3.63, 3.8) is 0 Å². The lowest BCUT2D eigenvalue weighted by molar-refractivity contribution is 0.141. The van der Waals surface area contributed by atoms with Crippen LogP contribution in [0.4, 0.5) is 13.2 Å². The topological polar surface area (TPSA) is 29.9 Å². The number of nitrogens with one attached hydrogen (secondary N) is 1. The summed E-state index contributed by atoms with van der Waals surface area (Å²) in [5.74, 6) is -0.570. The van der Waals surface area contributed by atoms with Gasteiger partial charge in [-0.2, -0.15) is 5.10 Å². The van der Waals surface area contributed by atoms with E-state index in [2.05, 4.69) is 10.4 Å². The second-order valence-corrected chi connectivity index (χ2v) is 4.87. The number of rotatable bonds is 5. The Morgan fingerprint density at radius 3 is 2.70 bits per heavy atom. The van der Waals surface area contributed by atoms with E-state index in [-0.39, 0.29) is 11.4 Å². The normalized spacial score (nSPS) is 15.0. The lowest BCUT2D eigenvalue weighted by atomic mass is 10.2. The Balaban J connectivity index is 1.95. The van der Waals surface area contributed by atoms with E-state index in [4.69, 9.17) is 0 Å². The SMILES string of the molecule is Fc1ccccc1-n1ncc(CNC2CC2)c1C(F)F. The molecule has 3 nitrogen and oxygen atoms in total. The molecule has 0 radical (unpaired) electrons. The molecular formula is C14H14F3N3. The van der Waals surface area contributed by atoms with E-state index in [9.17, 15) is 13.2 Å². The van der Waals surface area contributed by atoms with E-state index in [0.29, 0.717) is 18.2 Å². The monoisotopic (exact) mass is 281 g/mol. The van der Waals surface area contributed by atoms with Gasteiger partial charge in [0.2, 0.25) is 0 Å². The summed E-state index contributed by atoms with van der Waals surface area (Å²) < 4.78 is 41.3. The fourth-order valence-corrected chi connectivity index (χ4v) is 2.12. The van der Waals surface area contributed by atoms with Gasteiger partial charge in [0.1, 0.15) is 17.2 Å². The Kier molecular flexibility index (Phi) is 3.48. The number of benzene rings is 1. The van der Waals surface area contributed by atoms with E-state index in [0.717, 1.165) is 17.5 Å². The highest BCUT2D eigenvalue weighted by Gasteiger charge is 2.25. The van der Waals surface area contributed by atoms with Gasteiger partial charge in [-0.3, -0.25) is 0 Å². The summed E-state index contributed by atoms with van der Waals surface area (Å²) in [5.41, 5.74) is 0.207. The van der Waals surface area contributed by atoms with E-state index >= 15 is 0 Å². The first kappa shape index (κ1) is 13.2. The third kappa shape index (κ3) is 2.56. The van der Waals surface area contributed by atoms with Crippen LogP contribution in [0, 0.1) is 5.82 Å². The van der Waals surface area contributed by atoms with Crippen LogP contribution >= 0.6 is 0 Å². The quantitative estimate of drug-likeness (QED) is 0.912. The largest absolute Gasteiger partial charge is 0.310 e. The molecule has 1 aliphatic rings. The van der Waals surface area contributed by atoms with E-state index in [1.807, 2.05) is 0 Å². The molecule has 1 aromatic heterocycles. The fraction of sp³-hybridized carbons (Fsp3) is 0.357. The summed E-state index contributed by atoms with van der Waals surface area (Å²) in [7, 11) is 0. The van der Waals surface area contributed by atoms with Gasteiger partial charge < -0.3 is 5.32 Å². The predicted octanol–water partition coefficient (Wildman–Crippen LogP) is 3.20. The third-order valence-electron chi connectivity index (χ3n) is 3.33. The smallest absolute Gasteiger partial charge is 0.280 e. The molecule has 0 atom stereocenters. The molecule has 1 aliphatic carbocycles. The maximum Gasteiger partial charge on any atom is 0.280 e. The van der Waals surface area contributed by atoms with Gasteiger partial charge >= 0.3 is 0 Å². The van der Waals surface area contributed by atoms with Crippen LogP contribution in [-0.2, 0) is 6.54 Å². The molecule has 1 saturated carbocycles. The molecule has 0 bridgehead atoms. The zero-order chi connectivity index (χ0) is 14.1. The van der Waals surface area contributed by atoms with Gasteiger partial charge in [-0.15, -0.1) is 0 Å². The molecule has 1 aromatic carbocycles. The molecule has 1 fully saturated rings. The Labute approximate surface area is 114 Å². The molecule has 0 unspecified atom stereocenters. The van der Waals surface area contributed by atoms with Gasteiger partial charge in [-0.05, 0) is 25.0 Å². The highest BCUT2D eigenvalue weighted by Crippen LogP contribution is 2.27. The Morgan fingerprint density at radius 2 is 2.05 bits per heavy atom. The summed E-state index contributed by atoms with van der Waals surface area (Å²) in [6, 6.07) is 6.19. The molecule has 106 valence electrons. The lowest BCUT2D eigenvalue weighted by Crippen LogP contribution is -2.16. The van der Waals surface area contributed by atoms with Gasteiger partial charge in [0, 0.05) is 18.2 Å². The Hall–Kier alpha value is -1.82. The number of alkyl halides is 2. The van der Waals surface area contributed by atoms with Crippen LogP contribution in [0.25, 0.3) is 5.69 Å². The second-order valence-electron chi connectivity index (χ2n) is 4.87. The van der Waals surface area contributed by atoms with Crippen molar-refractivity contribution in [1.82, 2.24) is 15.1 Å². The number of para-hydroxylation sites is 1. The van der Waals surface area contributed by atoms with Crippen molar-refractivity contribution in [2.45, 2.75) is 31.9 Å². The lowest BCUT2D eigenvalue weighted by Gasteiger charge is -2.10. The average Bonchev–Trinajstić information content (AvgIpc) is 3.15. The number of hydrogen-bond donors (Lipinski definition) is 1. The first-order chi connectivity index (χ1) is 9.66. The highest BCUT2D eigenvalue weighted by molar-refractivity contribution is 5.37. The minimum absolute atomic E-state index is 0.0421. The molecule has 0 aliphatic heterocycles. The first-order valence-electron chi connectivity index (χ1n) is 6.50. The summed E-state index contributed by atoms with van der Waals surface area (Å²) in [6.45, 7) is 0.332. The van der Waals surface area contributed by atoms with Crippen molar-refractivity contribution in [2.75, 3.05) is 0 Å². The molecule has 1 N–H and O–H groups in total. The number of hydrogen-bond acceptors (Lipinski definition) is 2. The van der Waals surface area contributed by atoms with Crippen molar-refractivity contribution < 1.29 is 13.2 Å². The number of aromatic nitrogens is 2. The molecule has 2 aromatic rings. The molecule has 20 heavy (non-hydrogen) atoms. The summed E-state index contributed by atoms with van der Waals surface area (Å²) in [4.78, 5) is 0. The van der Waals surface area contributed by atoms with Crippen molar-refractivity contribution in [1.29, 1.82) is 0 Å². The Bertz CT molecular complexity index is 605. The van der Waals surface area contributed by atoms with Crippen LogP contribution in [0.3, 0.4) is 0 Å². The second kappa shape index (κ2) is 5.28. The molecule has 1 heterocycles. The van der Waals surface area contributed by atoms with Crippen LogP contribution < -0.4 is 5.32 Å². The highest BCUT2D eigenvalue weighted by atomic mass is 19.3. The zero-order valence-corrected chi connectivity index (χ0v) is 10.7. The van der Waals surface area contributed by atoms with Crippen molar-refractivity contribution >= 4 is 0 Å². The third-order valence-corrected chi connectivity index (χ3v) is 3.33. The molecule has 0 amide bonds. The van der Waals surface area contributed by atoms with Crippen LogP contribution in [0.15, 0.2) is 30.5 Å².